The maximum atomic E-state index is 11.8. The average Bonchev–Trinajstić information content (AvgIpc) is 3.19. The highest BCUT2D eigenvalue weighted by atomic mass is 31.3. The molecular weight excluding hydrogens is 485 g/mol. The van der Waals surface area contributed by atoms with Crippen molar-refractivity contribution >= 4 is 34.6 Å². The van der Waals surface area contributed by atoms with E-state index in [1.807, 2.05) is 6.92 Å². The van der Waals surface area contributed by atoms with Crippen LogP contribution in [0, 0.1) is 0 Å². The van der Waals surface area contributed by atoms with Gasteiger partial charge in [-0.1, -0.05) is 6.92 Å². The second-order valence-electron chi connectivity index (χ2n) is 6.32. The van der Waals surface area contributed by atoms with Crippen LogP contribution in [0.25, 0.3) is 11.2 Å². The minimum absolute atomic E-state index is 0.0430. The largest absolute Gasteiger partial charge is 0.490 e. The van der Waals surface area contributed by atoms with Gasteiger partial charge in [0.15, 0.2) is 5.65 Å². The van der Waals surface area contributed by atoms with Crippen LogP contribution in [0.4, 0.5) is 0 Å². The SMILES string of the molecule is CCc1ncnc2c1ncn2C1CC(O)C(COP(=O)(O)OP(=O)(O)OP(=O)(O)O)O1. The van der Waals surface area contributed by atoms with Crippen molar-refractivity contribution in [2.75, 3.05) is 6.61 Å². The molecule has 5 unspecified atom stereocenters. The standard InChI is InChI=1S/C12H19N4O12P3/c1-2-7-11-12(14-5-13-7)16(6-15-11)10-3-8(17)9(26-10)4-25-30(21,22)28-31(23,24)27-29(18,19)20/h5-6,8-10,17H,2-4H2,1H3,(H,21,22)(H,23,24)(H2,18,19,20). The molecule has 1 aliphatic rings. The van der Waals surface area contributed by atoms with Crippen molar-refractivity contribution in [2.24, 2.45) is 0 Å². The topological polar surface area (TPSA) is 233 Å². The van der Waals surface area contributed by atoms with Gasteiger partial charge in [0.1, 0.15) is 24.2 Å². The number of hydrogen-bond acceptors (Lipinski definition) is 11. The highest BCUT2D eigenvalue weighted by Crippen LogP contribution is 2.66. The number of aliphatic hydroxyl groups is 1. The molecule has 2 aromatic heterocycles. The van der Waals surface area contributed by atoms with E-state index in [0.29, 0.717) is 23.3 Å². The summed E-state index contributed by atoms with van der Waals surface area (Å²) in [5.41, 5.74) is 1.73. The lowest BCUT2D eigenvalue weighted by Crippen LogP contribution is -2.26. The fourth-order valence-corrected chi connectivity index (χ4v) is 5.91. The lowest BCUT2D eigenvalue weighted by atomic mass is 10.2. The molecule has 5 atom stereocenters. The Balaban J connectivity index is 1.65. The van der Waals surface area contributed by atoms with Gasteiger partial charge in [-0.25, -0.2) is 28.6 Å². The summed E-state index contributed by atoms with van der Waals surface area (Å²) in [6.45, 7) is 1.14. The Labute approximate surface area is 174 Å². The molecule has 0 radical (unpaired) electrons. The lowest BCUT2D eigenvalue weighted by molar-refractivity contribution is -0.0423. The van der Waals surface area contributed by atoms with Crippen molar-refractivity contribution in [3.8, 4) is 0 Å². The van der Waals surface area contributed by atoms with Gasteiger partial charge in [-0.05, 0) is 6.42 Å². The van der Waals surface area contributed by atoms with Crippen LogP contribution in [0.5, 0.6) is 0 Å². The third-order valence-corrected chi connectivity index (χ3v) is 7.90. The Bertz CT molecular complexity index is 1090. The quantitative estimate of drug-likeness (QED) is 0.290. The molecule has 1 aliphatic heterocycles. The molecule has 0 amide bonds. The molecule has 174 valence electrons. The van der Waals surface area contributed by atoms with Gasteiger partial charge in [0.2, 0.25) is 0 Å². The number of imidazole rings is 1. The van der Waals surface area contributed by atoms with E-state index in [0.717, 1.165) is 0 Å². The zero-order chi connectivity index (χ0) is 23.0. The first-order valence-electron chi connectivity index (χ1n) is 8.58. The smallest absolute Gasteiger partial charge is 0.390 e. The Morgan fingerprint density at radius 1 is 1.13 bits per heavy atom. The van der Waals surface area contributed by atoms with Crippen LogP contribution in [0.2, 0.25) is 0 Å². The molecule has 0 spiro atoms. The number of phosphoric acid groups is 3. The molecule has 0 aliphatic carbocycles. The number of aryl methyl sites for hydroxylation is 1. The predicted molar refractivity (Wildman–Crippen MR) is 99.1 cm³/mol. The minimum atomic E-state index is -5.63. The number of fused-ring (bicyclic) bond motifs is 1. The third kappa shape index (κ3) is 6.23. The Hall–Kier alpha value is -1.12. The van der Waals surface area contributed by atoms with Gasteiger partial charge in [0.05, 0.1) is 24.7 Å². The third-order valence-electron chi connectivity index (χ3n) is 4.10. The van der Waals surface area contributed by atoms with E-state index >= 15 is 0 Å². The second kappa shape index (κ2) is 9.02. The predicted octanol–water partition coefficient (Wildman–Crippen LogP) is 0.380. The first-order chi connectivity index (χ1) is 14.3. The first kappa shape index (κ1) is 24.5. The van der Waals surface area contributed by atoms with Gasteiger partial charge in [-0.2, -0.15) is 8.62 Å². The monoisotopic (exact) mass is 504 g/mol. The fraction of sp³-hybridized carbons (Fsp3) is 0.583. The van der Waals surface area contributed by atoms with Crippen LogP contribution in [-0.4, -0.2) is 63.0 Å². The van der Waals surface area contributed by atoms with Crippen LogP contribution < -0.4 is 0 Å². The highest BCUT2D eigenvalue weighted by molar-refractivity contribution is 7.66. The van der Waals surface area contributed by atoms with Gasteiger partial charge >= 0.3 is 23.5 Å². The number of aromatic nitrogens is 4. The molecule has 0 aromatic carbocycles. The lowest BCUT2D eigenvalue weighted by Gasteiger charge is -2.19. The summed E-state index contributed by atoms with van der Waals surface area (Å²) in [5.74, 6) is 0. The maximum absolute atomic E-state index is 11.8. The number of rotatable bonds is 9. The van der Waals surface area contributed by atoms with Crippen molar-refractivity contribution in [3.63, 3.8) is 0 Å². The van der Waals surface area contributed by atoms with E-state index in [1.54, 1.807) is 4.57 Å². The van der Waals surface area contributed by atoms with E-state index in [9.17, 15) is 23.7 Å². The van der Waals surface area contributed by atoms with Gasteiger partial charge in [0.25, 0.3) is 0 Å². The van der Waals surface area contributed by atoms with E-state index < -0.39 is 48.5 Å². The van der Waals surface area contributed by atoms with Crippen LogP contribution in [0.15, 0.2) is 12.7 Å². The summed E-state index contributed by atoms with van der Waals surface area (Å²) in [4.78, 5) is 48.2. The molecular formula is C12H19N4O12P3. The summed E-state index contributed by atoms with van der Waals surface area (Å²) in [7, 11) is -16.4. The molecule has 1 fully saturated rings. The molecule has 0 saturated carbocycles. The zero-order valence-electron chi connectivity index (χ0n) is 15.7. The van der Waals surface area contributed by atoms with E-state index in [-0.39, 0.29) is 6.42 Å². The molecule has 31 heavy (non-hydrogen) atoms. The van der Waals surface area contributed by atoms with Crippen molar-refractivity contribution in [3.05, 3.63) is 18.3 Å². The molecule has 3 rings (SSSR count). The summed E-state index contributed by atoms with van der Waals surface area (Å²) >= 11 is 0. The Kier molecular flexibility index (Phi) is 7.14. The van der Waals surface area contributed by atoms with Crippen molar-refractivity contribution < 1.29 is 56.3 Å². The highest BCUT2D eigenvalue weighted by Gasteiger charge is 2.43. The molecule has 0 bridgehead atoms. The minimum Gasteiger partial charge on any atom is -0.390 e. The number of phosphoric ester groups is 1. The molecule has 2 aromatic rings. The second-order valence-corrected chi connectivity index (χ2v) is 10.7. The van der Waals surface area contributed by atoms with Crippen molar-refractivity contribution in [1.82, 2.24) is 19.5 Å². The Morgan fingerprint density at radius 3 is 2.48 bits per heavy atom. The summed E-state index contributed by atoms with van der Waals surface area (Å²) in [6, 6.07) is 0. The van der Waals surface area contributed by atoms with Crippen LogP contribution in [0.3, 0.4) is 0 Å². The van der Waals surface area contributed by atoms with E-state index in [1.165, 1.54) is 12.7 Å². The molecule has 16 nitrogen and oxygen atoms in total. The van der Waals surface area contributed by atoms with Crippen LogP contribution >= 0.6 is 23.5 Å². The molecule has 1 saturated heterocycles. The number of hydrogen-bond donors (Lipinski definition) is 5. The van der Waals surface area contributed by atoms with Gasteiger partial charge in [-0.3, -0.25) is 9.09 Å². The van der Waals surface area contributed by atoms with Gasteiger partial charge in [0, 0.05) is 6.42 Å². The van der Waals surface area contributed by atoms with E-state index in [4.69, 9.17) is 19.4 Å². The Morgan fingerprint density at radius 2 is 1.84 bits per heavy atom. The van der Waals surface area contributed by atoms with Gasteiger partial charge < -0.3 is 29.4 Å². The maximum Gasteiger partial charge on any atom is 0.490 e. The molecule has 3 heterocycles. The van der Waals surface area contributed by atoms with Crippen molar-refractivity contribution in [1.29, 1.82) is 0 Å². The number of aliphatic hydroxyl groups excluding tert-OH is 1. The number of ether oxygens (including phenoxy) is 1. The fourth-order valence-electron chi connectivity index (χ4n) is 2.88. The van der Waals surface area contributed by atoms with Crippen molar-refractivity contribution in [2.45, 2.75) is 38.2 Å². The summed E-state index contributed by atoms with van der Waals surface area (Å²) < 4.78 is 52.7. The van der Waals surface area contributed by atoms with Gasteiger partial charge in [-0.15, -0.1) is 0 Å². The summed E-state index contributed by atoms with van der Waals surface area (Å²) in [5, 5.41) is 10.2. The normalized spacial score (nSPS) is 26.1. The number of nitrogens with zero attached hydrogens (tertiary/aromatic N) is 4. The average molecular weight is 504 g/mol. The van der Waals surface area contributed by atoms with Crippen LogP contribution in [0.1, 0.15) is 25.3 Å². The molecule has 19 heteroatoms. The zero-order valence-corrected chi connectivity index (χ0v) is 18.4. The van der Waals surface area contributed by atoms with Crippen LogP contribution in [-0.2, 0) is 38.0 Å². The molecule has 5 N–H and O–H groups in total. The first-order valence-corrected chi connectivity index (χ1v) is 13.1. The summed E-state index contributed by atoms with van der Waals surface area (Å²) in [6.07, 6.45) is 0.392. The van der Waals surface area contributed by atoms with E-state index in [2.05, 4.69) is 28.1 Å².